The number of fused-ring (bicyclic) bond motifs is 2. The summed E-state index contributed by atoms with van der Waals surface area (Å²) in [6.45, 7) is 1.99. The monoisotopic (exact) mass is 369 g/mol. The van der Waals surface area contributed by atoms with Crippen LogP contribution in [0.5, 0.6) is 0 Å². The fourth-order valence-corrected chi connectivity index (χ4v) is 3.90. The highest BCUT2D eigenvalue weighted by atomic mass is 32.2. The van der Waals surface area contributed by atoms with E-state index in [-0.39, 0.29) is 4.90 Å². The predicted octanol–water partition coefficient (Wildman–Crippen LogP) is 2.72. The lowest BCUT2D eigenvalue weighted by molar-refractivity contribution is 0.110. The number of aromatic nitrogens is 2. The Hall–Kier alpha value is -2.51. The maximum Gasteiger partial charge on any atom is 0.175 e. The summed E-state index contributed by atoms with van der Waals surface area (Å²) >= 11 is 0. The van der Waals surface area contributed by atoms with Gasteiger partial charge in [0.1, 0.15) is 12.1 Å². The standard InChI is InChI=1S/C19H19N3O3S/c1-26(23,24)15-5-6-18-17(9-15)19(22-12-21-18)20-10-13-3-2-4-14-11-25-8-7-16(13)14/h2-6,9,12H,7-8,10-11H2,1H3,(H,20,21,22). The summed E-state index contributed by atoms with van der Waals surface area (Å²) in [5.41, 5.74) is 4.46. The molecule has 7 heteroatoms. The van der Waals surface area contributed by atoms with Crippen LogP contribution < -0.4 is 5.32 Å². The Balaban J connectivity index is 1.68. The van der Waals surface area contributed by atoms with E-state index in [0.29, 0.717) is 29.9 Å². The van der Waals surface area contributed by atoms with Crippen LogP contribution in [0.4, 0.5) is 5.82 Å². The van der Waals surface area contributed by atoms with Gasteiger partial charge in [0.25, 0.3) is 0 Å². The van der Waals surface area contributed by atoms with Crippen molar-refractivity contribution in [2.45, 2.75) is 24.5 Å². The van der Waals surface area contributed by atoms with Gasteiger partial charge in [-0.1, -0.05) is 18.2 Å². The first kappa shape index (κ1) is 16.9. The molecule has 0 fully saturated rings. The molecule has 3 aromatic rings. The van der Waals surface area contributed by atoms with Crippen molar-refractivity contribution in [3.63, 3.8) is 0 Å². The Labute approximate surface area is 152 Å². The van der Waals surface area contributed by atoms with Crippen LogP contribution in [0.15, 0.2) is 47.6 Å². The molecule has 0 amide bonds. The number of ether oxygens (including phenoxy) is 1. The molecular formula is C19H19N3O3S. The minimum absolute atomic E-state index is 0.261. The molecule has 0 radical (unpaired) electrons. The second kappa shape index (κ2) is 6.66. The molecule has 1 aromatic heterocycles. The van der Waals surface area contributed by atoms with E-state index in [9.17, 15) is 8.42 Å². The smallest absolute Gasteiger partial charge is 0.175 e. The number of hydrogen-bond acceptors (Lipinski definition) is 6. The van der Waals surface area contributed by atoms with Crippen LogP contribution in [0.3, 0.4) is 0 Å². The first-order chi connectivity index (χ1) is 12.5. The number of benzene rings is 2. The summed E-state index contributed by atoms with van der Waals surface area (Å²) < 4.78 is 29.2. The van der Waals surface area contributed by atoms with Crippen LogP contribution in [0, 0.1) is 0 Å². The van der Waals surface area contributed by atoms with Gasteiger partial charge in [-0.3, -0.25) is 0 Å². The van der Waals surface area contributed by atoms with Crippen molar-refractivity contribution >= 4 is 26.6 Å². The molecule has 0 atom stereocenters. The second-order valence-electron chi connectivity index (χ2n) is 6.38. The van der Waals surface area contributed by atoms with E-state index >= 15 is 0 Å². The zero-order valence-electron chi connectivity index (χ0n) is 14.4. The highest BCUT2D eigenvalue weighted by molar-refractivity contribution is 7.90. The average Bonchev–Trinajstić information content (AvgIpc) is 2.65. The number of nitrogens with one attached hydrogen (secondary N) is 1. The SMILES string of the molecule is CS(=O)(=O)c1ccc2ncnc(NCc3cccc4c3CCOC4)c2c1. The Bertz CT molecular complexity index is 1080. The molecule has 0 spiro atoms. The fourth-order valence-electron chi connectivity index (χ4n) is 3.25. The van der Waals surface area contributed by atoms with Crippen LogP contribution in [-0.2, 0) is 34.1 Å². The van der Waals surface area contributed by atoms with Gasteiger partial charge in [-0.05, 0) is 41.3 Å². The summed E-state index contributed by atoms with van der Waals surface area (Å²) in [7, 11) is -3.29. The van der Waals surface area contributed by atoms with Gasteiger partial charge in [0.15, 0.2) is 9.84 Å². The van der Waals surface area contributed by atoms with Crippen molar-refractivity contribution in [1.82, 2.24) is 9.97 Å². The minimum Gasteiger partial charge on any atom is -0.376 e. The zero-order valence-corrected chi connectivity index (χ0v) is 15.2. The molecule has 0 bridgehead atoms. The third-order valence-corrected chi connectivity index (χ3v) is 5.72. The molecule has 26 heavy (non-hydrogen) atoms. The molecule has 2 heterocycles. The summed E-state index contributed by atoms with van der Waals surface area (Å²) in [6, 6.07) is 11.1. The van der Waals surface area contributed by atoms with Crippen molar-refractivity contribution in [1.29, 1.82) is 0 Å². The molecule has 0 aliphatic carbocycles. The summed E-state index contributed by atoms with van der Waals surface area (Å²) in [5, 5.41) is 4.04. The molecule has 1 aliphatic rings. The van der Waals surface area contributed by atoms with E-state index in [4.69, 9.17) is 4.74 Å². The fraction of sp³-hybridized carbons (Fsp3) is 0.263. The Morgan fingerprint density at radius 3 is 2.92 bits per heavy atom. The maximum absolute atomic E-state index is 11.9. The number of rotatable bonds is 4. The minimum atomic E-state index is -3.29. The van der Waals surface area contributed by atoms with E-state index in [2.05, 4.69) is 27.4 Å². The Morgan fingerprint density at radius 1 is 1.19 bits per heavy atom. The second-order valence-corrected chi connectivity index (χ2v) is 8.40. The van der Waals surface area contributed by atoms with Crippen LogP contribution in [0.2, 0.25) is 0 Å². The number of hydrogen-bond donors (Lipinski definition) is 1. The first-order valence-electron chi connectivity index (χ1n) is 8.38. The van der Waals surface area contributed by atoms with Crippen LogP contribution >= 0.6 is 0 Å². The average molecular weight is 369 g/mol. The lowest BCUT2D eigenvalue weighted by Crippen LogP contribution is -2.14. The van der Waals surface area contributed by atoms with Crippen molar-refractivity contribution in [3.8, 4) is 0 Å². The highest BCUT2D eigenvalue weighted by Gasteiger charge is 2.14. The third kappa shape index (κ3) is 3.27. The summed E-state index contributed by atoms with van der Waals surface area (Å²) in [5.74, 6) is 0.630. The zero-order chi connectivity index (χ0) is 18.1. The van der Waals surface area contributed by atoms with E-state index < -0.39 is 9.84 Å². The normalized spacial score (nSPS) is 14.2. The molecule has 0 saturated carbocycles. The van der Waals surface area contributed by atoms with E-state index in [1.54, 1.807) is 18.2 Å². The lowest BCUT2D eigenvalue weighted by atomic mass is 9.97. The van der Waals surface area contributed by atoms with Gasteiger partial charge in [0.2, 0.25) is 0 Å². The van der Waals surface area contributed by atoms with Crippen LogP contribution in [-0.4, -0.2) is 31.2 Å². The molecule has 0 saturated heterocycles. The maximum atomic E-state index is 11.9. The number of anilines is 1. The van der Waals surface area contributed by atoms with Gasteiger partial charge in [0, 0.05) is 18.2 Å². The Kier molecular flexibility index (Phi) is 4.34. The van der Waals surface area contributed by atoms with Gasteiger partial charge in [-0.2, -0.15) is 0 Å². The van der Waals surface area contributed by atoms with E-state index in [0.717, 1.165) is 13.0 Å². The van der Waals surface area contributed by atoms with Gasteiger partial charge in [-0.15, -0.1) is 0 Å². The molecule has 1 N–H and O–H groups in total. The van der Waals surface area contributed by atoms with Crippen LogP contribution in [0.1, 0.15) is 16.7 Å². The molecule has 6 nitrogen and oxygen atoms in total. The number of sulfone groups is 1. The predicted molar refractivity (Wildman–Crippen MR) is 99.8 cm³/mol. The van der Waals surface area contributed by atoms with Crippen molar-refractivity contribution in [2.24, 2.45) is 0 Å². The van der Waals surface area contributed by atoms with Crippen molar-refractivity contribution in [2.75, 3.05) is 18.2 Å². The molecule has 0 unspecified atom stereocenters. The molecule has 4 rings (SSSR count). The van der Waals surface area contributed by atoms with E-state index in [1.165, 1.54) is 29.3 Å². The molecule has 2 aromatic carbocycles. The molecular weight excluding hydrogens is 350 g/mol. The molecule has 134 valence electrons. The topological polar surface area (TPSA) is 81.2 Å². The van der Waals surface area contributed by atoms with E-state index in [1.807, 2.05) is 6.07 Å². The van der Waals surface area contributed by atoms with Crippen molar-refractivity contribution in [3.05, 3.63) is 59.4 Å². The first-order valence-corrected chi connectivity index (χ1v) is 10.3. The highest BCUT2D eigenvalue weighted by Crippen LogP contribution is 2.25. The summed E-state index contributed by atoms with van der Waals surface area (Å²) in [4.78, 5) is 8.80. The van der Waals surface area contributed by atoms with Gasteiger partial charge in [-0.25, -0.2) is 18.4 Å². The summed E-state index contributed by atoms with van der Waals surface area (Å²) in [6.07, 6.45) is 3.58. The van der Waals surface area contributed by atoms with Crippen LogP contribution in [0.25, 0.3) is 10.9 Å². The van der Waals surface area contributed by atoms with Gasteiger partial charge < -0.3 is 10.1 Å². The third-order valence-electron chi connectivity index (χ3n) is 4.61. The van der Waals surface area contributed by atoms with Gasteiger partial charge in [0.05, 0.1) is 23.6 Å². The Morgan fingerprint density at radius 2 is 2.08 bits per heavy atom. The lowest BCUT2D eigenvalue weighted by Gasteiger charge is -2.20. The largest absolute Gasteiger partial charge is 0.376 e. The number of nitrogens with zero attached hydrogens (tertiary/aromatic N) is 2. The van der Waals surface area contributed by atoms with Crippen molar-refractivity contribution < 1.29 is 13.2 Å². The molecule has 1 aliphatic heterocycles. The quantitative estimate of drug-likeness (QED) is 0.762. The van der Waals surface area contributed by atoms with Gasteiger partial charge >= 0.3 is 0 Å².